The van der Waals surface area contributed by atoms with Gasteiger partial charge in [-0.1, -0.05) is 48.5 Å². The molecule has 0 aliphatic heterocycles. The van der Waals surface area contributed by atoms with E-state index in [0.29, 0.717) is 6.05 Å². The molecular weight excluding hydrogens is 144 g/mol. The minimum absolute atomic E-state index is 0.631. The molecule has 0 unspecified atom stereocenters. The lowest BCUT2D eigenvalue weighted by molar-refractivity contribution is 1.72. The molecule has 2 aromatic rings. The maximum absolute atomic E-state index is 7.76. The number of benzene rings is 2. The van der Waals surface area contributed by atoms with Crippen molar-refractivity contribution in [2.45, 2.75) is 0 Å². The van der Waals surface area contributed by atoms with E-state index in [2.05, 4.69) is 18.2 Å². The molecule has 0 aromatic heterocycles. The van der Waals surface area contributed by atoms with E-state index in [-0.39, 0.29) is 0 Å². The molecule has 0 amide bonds. The third kappa shape index (κ3) is 0.620. The Morgan fingerprint density at radius 2 is 1.67 bits per heavy atom. The van der Waals surface area contributed by atoms with Crippen LogP contribution in [-0.4, -0.2) is 0 Å². The molecule has 3 rings (SSSR count). The molecule has 0 heteroatoms. The summed E-state index contributed by atoms with van der Waals surface area (Å²) in [6.45, 7) is 0. The van der Waals surface area contributed by atoms with Crippen molar-refractivity contribution in [2.24, 2.45) is 0 Å². The highest BCUT2D eigenvalue weighted by molar-refractivity contribution is 6.04. The van der Waals surface area contributed by atoms with Crippen LogP contribution >= 0.6 is 0 Å². The van der Waals surface area contributed by atoms with Crippen LogP contribution in [0.25, 0.3) is 22.9 Å². The van der Waals surface area contributed by atoms with Gasteiger partial charge in [-0.3, -0.25) is 0 Å². The minimum Gasteiger partial charge on any atom is -0.0610 e. The number of hydrogen-bond acceptors (Lipinski definition) is 0. The monoisotopic (exact) mass is 153 g/mol. The summed E-state index contributed by atoms with van der Waals surface area (Å²) < 4.78 is 7.76. The van der Waals surface area contributed by atoms with Gasteiger partial charge in [0.2, 0.25) is 0 Å². The van der Waals surface area contributed by atoms with Gasteiger partial charge in [-0.25, -0.2) is 0 Å². The highest BCUT2D eigenvalue weighted by Crippen LogP contribution is 2.30. The largest absolute Gasteiger partial charge is 0.0629 e. The Hall–Kier alpha value is -1.56. The van der Waals surface area contributed by atoms with Crippen LogP contribution in [0.1, 0.15) is 12.5 Å². The second-order valence-electron chi connectivity index (χ2n) is 3.04. The fraction of sp³-hybridized carbons (Fsp3) is 0. The van der Waals surface area contributed by atoms with E-state index in [1.807, 2.05) is 24.3 Å². The van der Waals surface area contributed by atoms with Crippen LogP contribution in [0, 0.1) is 0 Å². The van der Waals surface area contributed by atoms with Gasteiger partial charge in [0, 0.05) is 0 Å². The van der Waals surface area contributed by atoms with Crippen molar-refractivity contribution in [3.05, 3.63) is 47.5 Å². The second-order valence-corrected chi connectivity index (χ2v) is 3.04. The highest BCUT2D eigenvalue weighted by Gasteiger charge is 2.06. The first-order valence-corrected chi connectivity index (χ1v) is 4.07. The van der Waals surface area contributed by atoms with Gasteiger partial charge in [-0.15, -0.1) is 0 Å². The van der Waals surface area contributed by atoms with Gasteiger partial charge < -0.3 is 0 Å². The van der Waals surface area contributed by atoms with Gasteiger partial charge in [0.1, 0.15) is 0 Å². The molecule has 1 aliphatic carbocycles. The maximum Gasteiger partial charge on any atom is 0.0629 e. The molecule has 2 aromatic carbocycles. The third-order valence-electron chi connectivity index (χ3n) is 2.32. The molecule has 0 heterocycles. The zero-order valence-corrected chi connectivity index (χ0v) is 6.54. The van der Waals surface area contributed by atoms with Gasteiger partial charge in [0.25, 0.3) is 0 Å². The van der Waals surface area contributed by atoms with Gasteiger partial charge >= 0.3 is 0 Å². The van der Waals surface area contributed by atoms with E-state index >= 15 is 0 Å². The topological polar surface area (TPSA) is 0 Å². The smallest absolute Gasteiger partial charge is 0.0610 e. The Kier molecular flexibility index (Phi) is 0.849. The molecule has 0 nitrogen and oxygen atoms in total. The quantitative estimate of drug-likeness (QED) is 0.544. The summed E-state index contributed by atoms with van der Waals surface area (Å²) in [7, 11) is 0. The van der Waals surface area contributed by atoms with E-state index in [0.717, 1.165) is 5.56 Å². The van der Waals surface area contributed by atoms with Crippen molar-refractivity contribution >= 4 is 22.9 Å². The van der Waals surface area contributed by atoms with Crippen molar-refractivity contribution in [1.82, 2.24) is 0 Å². The van der Waals surface area contributed by atoms with Crippen LogP contribution in [0.2, 0.25) is 0 Å². The summed E-state index contributed by atoms with van der Waals surface area (Å²) in [4.78, 5) is 0. The van der Waals surface area contributed by atoms with Crippen molar-refractivity contribution in [3.8, 4) is 0 Å². The van der Waals surface area contributed by atoms with E-state index < -0.39 is 0 Å². The van der Waals surface area contributed by atoms with Crippen LogP contribution in [0.15, 0.2) is 36.4 Å². The summed E-state index contributed by atoms with van der Waals surface area (Å²) in [6.07, 6.45) is 1.93. The lowest BCUT2D eigenvalue weighted by Gasteiger charge is -1.99. The molecule has 0 saturated carbocycles. The molecule has 0 bridgehead atoms. The standard InChI is InChI=1S/C12H8/c1-3-9-4-2-6-11-8-7-10(5-1)12(9)11/h1-8H/i7D. The summed E-state index contributed by atoms with van der Waals surface area (Å²) in [6, 6.07) is 12.9. The van der Waals surface area contributed by atoms with E-state index in [4.69, 9.17) is 1.37 Å². The normalized spacial score (nSPS) is 14.7. The summed E-state index contributed by atoms with van der Waals surface area (Å²) in [5.74, 6) is 0. The van der Waals surface area contributed by atoms with Crippen LogP contribution in [0.5, 0.6) is 0 Å². The maximum atomic E-state index is 7.76. The lowest BCUT2D eigenvalue weighted by atomic mass is 10.0. The Morgan fingerprint density at radius 3 is 2.50 bits per heavy atom. The Bertz CT molecular complexity index is 518. The van der Waals surface area contributed by atoms with Gasteiger partial charge in [-0.05, 0) is 21.9 Å². The molecule has 0 spiro atoms. The van der Waals surface area contributed by atoms with E-state index in [9.17, 15) is 0 Å². The van der Waals surface area contributed by atoms with Gasteiger partial charge in [0.05, 0.1) is 1.37 Å². The average Bonchev–Trinajstić information content (AvgIpc) is 2.47. The third-order valence-corrected chi connectivity index (χ3v) is 2.32. The predicted molar refractivity (Wildman–Crippen MR) is 52.9 cm³/mol. The second kappa shape index (κ2) is 1.98. The summed E-state index contributed by atoms with van der Waals surface area (Å²) in [5, 5.41) is 2.46. The molecule has 0 atom stereocenters. The van der Waals surface area contributed by atoms with Crippen molar-refractivity contribution in [1.29, 1.82) is 0 Å². The fourth-order valence-corrected chi connectivity index (χ4v) is 1.77. The molecule has 0 radical (unpaired) electrons. The van der Waals surface area contributed by atoms with Crippen LogP contribution in [-0.2, 0) is 0 Å². The van der Waals surface area contributed by atoms with Crippen LogP contribution in [0.4, 0.5) is 0 Å². The van der Waals surface area contributed by atoms with E-state index in [1.54, 1.807) is 0 Å². The Balaban J connectivity index is 2.59. The Morgan fingerprint density at radius 1 is 0.917 bits per heavy atom. The predicted octanol–water partition coefficient (Wildman–Crippen LogP) is 3.32. The van der Waals surface area contributed by atoms with E-state index in [1.165, 1.54) is 16.3 Å². The van der Waals surface area contributed by atoms with Crippen LogP contribution in [0.3, 0.4) is 0 Å². The fourth-order valence-electron chi connectivity index (χ4n) is 1.77. The van der Waals surface area contributed by atoms with Crippen molar-refractivity contribution in [3.63, 3.8) is 0 Å². The highest BCUT2D eigenvalue weighted by atomic mass is 14.1. The molecule has 0 saturated heterocycles. The Labute approximate surface area is 72.6 Å². The first-order valence-electron chi connectivity index (χ1n) is 4.57. The van der Waals surface area contributed by atoms with Crippen molar-refractivity contribution in [2.75, 3.05) is 0 Å². The molecule has 56 valence electrons. The zero-order valence-electron chi connectivity index (χ0n) is 7.54. The minimum atomic E-state index is 0.631. The van der Waals surface area contributed by atoms with Crippen LogP contribution < -0.4 is 0 Å². The lowest BCUT2D eigenvalue weighted by Crippen LogP contribution is -1.76. The molecular formula is C12H8. The first-order chi connectivity index (χ1) is 6.36. The summed E-state index contributed by atoms with van der Waals surface area (Å²) >= 11 is 0. The molecule has 0 N–H and O–H groups in total. The van der Waals surface area contributed by atoms with Gasteiger partial charge in [-0.2, -0.15) is 0 Å². The van der Waals surface area contributed by atoms with Crippen molar-refractivity contribution < 1.29 is 1.37 Å². The first kappa shape index (κ1) is 5.15. The SMILES string of the molecule is [2H]C1=Cc2cccc3cccc1c23. The number of hydrogen-bond donors (Lipinski definition) is 0. The molecule has 0 fully saturated rings. The zero-order chi connectivity index (χ0) is 8.84. The molecule has 1 aliphatic rings. The molecule has 12 heavy (non-hydrogen) atoms. The van der Waals surface area contributed by atoms with Gasteiger partial charge in [0.15, 0.2) is 0 Å². The summed E-state index contributed by atoms with van der Waals surface area (Å²) in [5.41, 5.74) is 2.24. The number of rotatable bonds is 0. The average molecular weight is 153 g/mol.